The number of Topliss-reactive ketones (excluding diaryl/α,β-unsaturated/α-hetero) is 1. The molecule has 1 aliphatic heterocycles. The first-order valence-electron chi connectivity index (χ1n) is 11.0. The Morgan fingerprint density at radius 1 is 1.06 bits per heavy atom. The SMILES string of the molecule is COc1ccc(OC)c(C2C(=C(O)c3ccc(C)cc3)C(=O)C(=O)N2CCCn2ccnc2)c1. The van der Waals surface area contributed by atoms with Crippen molar-refractivity contribution in [1.29, 1.82) is 0 Å². The molecule has 2 heterocycles. The fraction of sp³-hybridized carbons (Fsp3) is 0.269. The summed E-state index contributed by atoms with van der Waals surface area (Å²) in [6.07, 6.45) is 5.83. The summed E-state index contributed by atoms with van der Waals surface area (Å²) in [5, 5.41) is 11.2. The van der Waals surface area contributed by atoms with Crippen molar-refractivity contribution in [2.75, 3.05) is 20.8 Å². The number of benzene rings is 2. The van der Waals surface area contributed by atoms with Crippen LogP contribution in [0.3, 0.4) is 0 Å². The first-order valence-corrected chi connectivity index (χ1v) is 11.0. The number of likely N-dealkylation sites (tertiary alicyclic amines) is 1. The molecule has 4 rings (SSSR count). The van der Waals surface area contributed by atoms with E-state index in [9.17, 15) is 14.7 Å². The van der Waals surface area contributed by atoms with Crippen molar-refractivity contribution in [2.24, 2.45) is 0 Å². The van der Waals surface area contributed by atoms with Crippen molar-refractivity contribution in [2.45, 2.75) is 25.9 Å². The number of rotatable bonds is 8. The van der Waals surface area contributed by atoms with Crippen LogP contribution in [0.1, 0.15) is 29.2 Å². The van der Waals surface area contributed by atoms with Crippen molar-refractivity contribution in [3.63, 3.8) is 0 Å². The van der Waals surface area contributed by atoms with Crippen LogP contribution in [-0.4, -0.2) is 52.0 Å². The lowest BCUT2D eigenvalue weighted by molar-refractivity contribution is -0.140. The molecule has 0 saturated carbocycles. The molecular weight excluding hydrogens is 434 g/mol. The summed E-state index contributed by atoms with van der Waals surface area (Å²) in [6, 6.07) is 11.5. The van der Waals surface area contributed by atoms with Gasteiger partial charge in [0.15, 0.2) is 0 Å². The van der Waals surface area contributed by atoms with E-state index in [1.54, 1.807) is 50.0 Å². The molecule has 1 fully saturated rings. The topological polar surface area (TPSA) is 93.9 Å². The Labute approximate surface area is 198 Å². The summed E-state index contributed by atoms with van der Waals surface area (Å²) >= 11 is 0. The molecule has 1 aromatic heterocycles. The Hall–Kier alpha value is -4.07. The number of nitrogens with zero attached hydrogens (tertiary/aromatic N) is 3. The van der Waals surface area contributed by atoms with E-state index in [2.05, 4.69) is 4.98 Å². The molecule has 1 N–H and O–H groups in total. The average Bonchev–Trinajstić information content (AvgIpc) is 3.46. The van der Waals surface area contributed by atoms with Crippen LogP contribution >= 0.6 is 0 Å². The maximum absolute atomic E-state index is 13.2. The number of amides is 1. The van der Waals surface area contributed by atoms with E-state index in [1.807, 2.05) is 29.8 Å². The van der Waals surface area contributed by atoms with Crippen LogP contribution in [0, 0.1) is 6.92 Å². The molecule has 8 heteroatoms. The van der Waals surface area contributed by atoms with Crippen LogP contribution in [0.4, 0.5) is 0 Å². The zero-order valence-electron chi connectivity index (χ0n) is 19.4. The molecule has 0 bridgehead atoms. The second kappa shape index (κ2) is 9.82. The van der Waals surface area contributed by atoms with Crippen LogP contribution in [0.5, 0.6) is 11.5 Å². The highest BCUT2D eigenvalue weighted by Gasteiger charge is 2.47. The molecule has 3 aromatic rings. The van der Waals surface area contributed by atoms with Gasteiger partial charge in [0.25, 0.3) is 11.7 Å². The number of hydrogen-bond donors (Lipinski definition) is 1. The highest BCUT2D eigenvalue weighted by Crippen LogP contribution is 2.43. The van der Waals surface area contributed by atoms with Crippen molar-refractivity contribution in [3.8, 4) is 11.5 Å². The van der Waals surface area contributed by atoms with Crippen molar-refractivity contribution in [1.82, 2.24) is 14.5 Å². The summed E-state index contributed by atoms with van der Waals surface area (Å²) in [4.78, 5) is 31.9. The number of ether oxygens (including phenoxy) is 2. The second-order valence-corrected chi connectivity index (χ2v) is 8.12. The van der Waals surface area contributed by atoms with Gasteiger partial charge in [-0.25, -0.2) is 4.98 Å². The fourth-order valence-corrected chi connectivity index (χ4v) is 4.20. The number of aromatic nitrogens is 2. The third kappa shape index (κ3) is 4.39. The van der Waals surface area contributed by atoms with Crippen LogP contribution in [0.25, 0.3) is 5.76 Å². The maximum atomic E-state index is 13.2. The zero-order chi connectivity index (χ0) is 24.2. The number of imidazole rings is 1. The van der Waals surface area contributed by atoms with Gasteiger partial charge < -0.3 is 24.0 Å². The molecule has 1 saturated heterocycles. The molecular formula is C26H27N3O5. The Bertz CT molecular complexity index is 1220. The average molecular weight is 462 g/mol. The number of aliphatic hydroxyl groups is 1. The molecule has 1 aliphatic rings. The van der Waals surface area contributed by atoms with Crippen LogP contribution in [-0.2, 0) is 16.1 Å². The third-order valence-corrected chi connectivity index (χ3v) is 5.97. The first kappa shape index (κ1) is 23.1. The van der Waals surface area contributed by atoms with E-state index < -0.39 is 17.7 Å². The van der Waals surface area contributed by atoms with E-state index in [4.69, 9.17) is 9.47 Å². The minimum Gasteiger partial charge on any atom is -0.507 e. The summed E-state index contributed by atoms with van der Waals surface area (Å²) in [7, 11) is 3.07. The number of ketones is 1. The quantitative estimate of drug-likeness (QED) is 0.312. The molecule has 1 unspecified atom stereocenters. The molecule has 8 nitrogen and oxygen atoms in total. The Balaban J connectivity index is 1.81. The highest BCUT2D eigenvalue weighted by molar-refractivity contribution is 6.46. The van der Waals surface area contributed by atoms with Gasteiger partial charge in [0, 0.05) is 36.6 Å². The number of aliphatic hydroxyl groups excluding tert-OH is 1. The number of aryl methyl sites for hydroxylation is 2. The predicted molar refractivity (Wildman–Crippen MR) is 127 cm³/mol. The van der Waals surface area contributed by atoms with E-state index in [1.165, 1.54) is 12.0 Å². The maximum Gasteiger partial charge on any atom is 0.295 e. The molecule has 1 atom stereocenters. The fourth-order valence-electron chi connectivity index (χ4n) is 4.20. The number of hydrogen-bond acceptors (Lipinski definition) is 6. The lowest BCUT2D eigenvalue weighted by Crippen LogP contribution is -2.31. The molecule has 34 heavy (non-hydrogen) atoms. The summed E-state index contributed by atoms with van der Waals surface area (Å²) in [5.74, 6) is -0.563. The van der Waals surface area contributed by atoms with Crippen molar-refractivity contribution in [3.05, 3.63) is 83.4 Å². The van der Waals surface area contributed by atoms with E-state index >= 15 is 0 Å². The zero-order valence-corrected chi connectivity index (χ0v) is 19.4. The van der Waals surface area contributed by atoms with Gasteiger partial charge in [0.05, 0.1) is 32.2 Å². The van der Waals surface area contributed by atoms with Gasteiger partial charge >= 0.3 is 0 Å². The first-order chi connectivity index (χ1) is 16.4. The predicted octanol–water partition coefficient (Wildman–Crippen LogP) is 3.72. The normalized spacial score (nSPS) is 17.3. The van der Waals surface area contributed by atoms with Gasteiger partial charge in [-0.3, -0.25) is 9.59 Å². The second-order valence-electron chi connectivity index (χ2n) is 8.12. The number of carbonyl (C=O) groups excluding carboxylic acids is 2. The third-order valence-electron chi connectivity index (χ3n) is 5.97. The molecule has 1 amide bonds. The molecule has 0 radical (unpaired) electrons. The summed E-state index contributed by atoms with van der Waals surface area (Å²) in [6.45, 7) is 2.87. The minimum absolute atomic E-state index is 0.0306. The van der Waals surface area contributed by atoms with E-state index in [-0.39, 0.29) is 11.3 Å². The van der Waals surface area contributed by atoms with Gasteiger partial charge in [-0.1, -0.05) is 29.8 Å². The molecule has 0 aliphatic carbocycles. The lowest BCUT2D eigenvalue weighted by Gasteiger charge is -2.27. The van der Waals surface area contributed by atoms with E-state index in [0.29, 0.717) is 42.1 Å². The molecule has 176 valence electrons. The van der Waals surface area contributed by atoms with Crippen molar-refractivity contribution >= 4 is 17.4 Å². The standard InChI is InChI=1S/C26H27N3O5/c1-17-5-7-18(8-6-17)24(30)22-23(20-15-19(33-2)9-10-21(20)34-3)29(26(32)25(22)31)13-4-12-28-14-11-27-16-28/h5-11,14-16,23,30H,4,12-13H2,1-3H3. The molecule has 0 spiro atoms. The van der Waals surface area contributed by atoms with Crippen molar-refractivity contribution < 1.29 is 24.2 Å². The van der Waals surface area contributed by atoms with Gasteiger partial charge in [-0.05, 0) is 31.5 Å². The van der Waals surface area contributed by atoms with E-state index in [0.717, 1.165) is 5.56 Å². The summed E-state index contributed by atoms with van der Waals surface area (Å²) < 4.78 is 12.9. The van der Waals surface area contributed by atoms with Gasteiger partial charge in [0.1, 0.15) is 17.3 Å². The van der Waals surface area contributed by atoms with Crippen LogP contribution < -0.4 is 9.47 Å². The van der Waals surface area contributed by atoms with Gasteiger partial charge in [-0.15, -0.1) is 0 Å². The summed E-state index contributed by atoms with van der Waals surface area (Å²) in [5.41, 5.74) is 2.08. The Morgan fingerprint density at radius 2 is 1.82 bits per heavy atom. The van der Waals surface area contributed by atoms with Gasteiger partial charge in [0.2, 0.25) is 0 Å². The number of methoxy groups -OCH3 is 2. The Kier molecular flexibility index (Phi) is 6.67. The minimum atomic E-state index is -0.825. The largest absolute Gasteiger partial charge is 0.507 e. The lowest BCUT2D eigenvalue weighted by atomic mass is 9.94. The smallest absolute Gasteiger partial charge is 0.295 e. The Morgan fingerprint density at radius 3 is 2.47 bits per heavy atom. The number of carbonyl (C=O) groups is 2. The van der Waals surface area contributed by atoms with Gasteiger partial charge in [-0.2, -0.15) is 0 Å². The monoisotopic (exact) mass is 461 g/mol. The van der Waals surface area contributed by atoms with Crippen LogP contribution in [0.2, 0.25) is 0 Å². The van der Waals surface area contributed by atoms with Crippen LogP contribution in [0.15, 0.2) is 66.8 Å². The molecule has 2 aromatic carbocycles. The highest BCUT2D eigenvalue weighted by atomic mass is 16.5.